The second-order valence-corrected chi connectivity index (χ2v) is 9.08. The average molecular weight is 553 g/mol. The Labute approximate surface area is 217 Å². The van der Waals surface area contributed by atoms with Crippen molar-refractivity contribution >= 4 is 17.0 Å². The number of rotatable bonds is 8. The number of nitrogen functional groups attached to an aromatic ring is 1. The Balaban J connectivity index is 1.34. The van der Waals surface area contributed by atoms with Gasteiger partial charge in [0.15, 0.2) is 29.4 Å². The van der Waals surface area contributed by atoms with Gasteiger partial charge in [-0.15, -0.1) is 0 Å². The zero-order valence-corrected chi connectivity index (χ0v) is 20.1. The molecule has 2 fully saturated rings. The van der Waals surface area contributed by atoms with E-state index in [0.717, 1.165) is 10.6 Å². The van der Waals surface area contributed by atoms with Gasteiger partial charge in [-0.05, 0) is 0 Å². The summed E-state index contributed by atoms with van der Waals surface area (Å²) in [5, 5.41) is 60.9. The van der Waals surface area contributed by atoms with Crippen LogP contribution in [0.25, 0.3) is 11.2 Å². The number of nitrogens with one attached hydrogen (secondary N) is 1. The highest BCUT2D eigenvalue weighted by Crippen LogP contribution is 2.34. The first-order valence-electron chi connectivity index (χ1n) is 11.8. The standard InChI is InChI=1S/C21H27N7O11/c22-17-12-18(24-6-23-17)28(10(3-30)25-12)20-16(35)14(33)9(39-20)5-37-4-7-1-11(31)26-21(36)27(7)19-15(34)13(32)8(2-29)38-19/h1,6,8-9,13-16,19-20,29-30,32-35H,2-5H2,(H2,22,23,24)(H,26,31,36)/t8-,9-,13-,14-,15-,16-,19-,20-/m1/s1. The van der Waals surface area contributed by atoms with Gasteiger partial charge in [0.25, 0.3) is 5.56 Å². The normalized spacial score (nSPS) is 30.9. The van der Waals surface area contributed by atoms with E-state index in [1.54, 1.807) is 0 Å². The predicted molar refractivity (Wildman–Crippen MR) is 126 cm³/mol. The van der Waals surface area contributed by atoms with Crippen molar-refractivity contribution in [2.24, 2.45) is 0 Å². The Morgan fingerprint density at radius 1 is 0.974 bits per heavy atom. The van der Waals surface area contributed by atoms with Crippen LogP contribution in [0.2, 0.25) is 0 Å². The second-order valence-electron chi connectivity index (χ2n) is 9.08. The molecule has 0 spiro atoms. The molecular weight excluding hydrogens is 526 g/mol. The fourth-order valence-electron chi connectivity index (χ4n) is 4.75. The summed E-state index contributed by atoms with van der Waals surface area (Å²) >= 11 is 0. The van der Waals surface area contributed by atoms with E-state index in [1.165, 1.54) is 10.9 Å². The number of H-pyrrole nitrogens is 1. The number of nitrogens with two attached hydrogens (primary N) is 1. The Morgan fingerprint density at radius 2 is 1.64 bits per heavy atom. The molecule has 0 aromatic carbocycles. The summed E-state index contributed by atoms with van der Waals surface area (Å²) in [6.07, 6.45) is -9.79. The molecule has 5 heterocycles. The zero-order valence-electron chi connectivity index (χ0n) is 20.1. The Bertz CT molecular complexity index is 1460. The lowest BCUT2D eigenvalue weighted by Crippen LogP contribution is -2.40. The monoisotopic (exact) mass is 553 g/mol. The molecule has 3 aromatic rings. The first kappa shape index (κ1) is 27.2. The molecule has 8 atom stereocenters. The van der Waals surface area contributed by atoms with Crippen LogP contribution in [0.5, 0.6) is 0 Å². The Hall–Kier alpha value is -3.33. The third kappa shape index (κ3) is 4.71. The van der Waals surface area contributed by atoms with E-state index < -0.39 is 80.1 Å². The molecule has 0 unspecified atom stereocenters. The van der Waals surface area contributed by atoms with E-state index in [1.807, 2.05) is 4.98 Å². The first-order chi connectivity index (χ1) is 18.7. The molecule has 39 heavy (non-hydrogen) atoms. The number of imidazole rings is 1. The number of aromatic nitrogens is 6. The van der Waals surface area contributed by atoms with Gasteiger partial charge in [-0.2, -0.15) is 0 Å². The average Bonchev–Trinajstić information content (AvgIpc) is 3.51. The summed E-state index contributed by atoms with van der Waals surface area (Å²) in [6, 6.07) is 1.02. The van der Waals surface area contributed by atoms with E-state index in [9.17, 15) is 40.2 Å². The fourth-order valence-corrected chi connectivity index (χ4v) is 4.75. The van der Waals surface area contributed by atoms with Gasteiger partial charge in [-0.25, -0.2) is 19.7 Å². The number of ether oxygens (including phenoxy) is 3. The van der Waals surface area contributed by atoms with Crippen molar-refractivity contribution in [3.8, 4) is 0 Å². The molecule has 9 N–H and O–H groups in total. The Kier molecular flexibility index (Phi) is 7.46. The summed E-state index contributed by atoms with van der Waals surface area (Å²) in [4.78, 5) is 38.7. The third-order valence-electron chi connectivity index (χ3n) is 6.67. The predicted octanol–water partition coefficient (Wildman–Crippen LogP) is -4.80. The van der Waals surface area contributed by atoms with Gasteiger partial charge < -0.3 is 50.6 Å². The van der Waals surface area contributed by atoms with Crippen LogP contribution in [0.4, 0.5) is 5.82 Å². The highest BCUT2D eigenvalue weighted by molar-refractivity contribution is 5.81. The van der Waals surface area contributed by atoms with Crippen molar-refractivity contribution in [3.05, 3.63) is 44.8 Å². The SMILES string of the molecule is Nc1ncnc2c1nc(CO)n2[C@@H]1O[C@H](COCc2cc(=O)[nH]c(=O)n2[C@@H]2O[C@H](CO)[C@@H](O)[C@H]2O)[C@@H](O)[C@H]1O. The van der Waals surface area contributed by atoms with Gasteiger partial charge in [-0.1, -0.05) is 0 Å². The van der Waals surface area contributed by atoms with E-state index in [-0.39, 0.29) is 35.1 Å². The van der Waals surface area contributed by atoms with E-state index in [4.69, 9.17) is 19.9 Å². The third-order valence-corrected chi connectivity index (χ3v) is 6.67. The summed E-state index contributed by atoms with van der Waals surface area (Å²) in [6.45, 7) is -1.91. The smallest absolute Gasteiger partial charge is 0.330 e. The Morgan fingerprint density at radius 3 is 2.31 bits per heavy atom. The number of aromatic amines is 1. The minimum absolute atomic E-state index is 0.0412. The molecule has 0 aliphatic carbocycles. The topological polar surface area (TPSA) is 274 Å². The highest BCUT2D eigenvalue weighted by Gasteiger charge is 2.46. The molecule has 0 bridgehead atoms. The number of hydrogen-bond acceptors (Lipinski definition) is 15. The number of aliphatic hydroxyl groups is 6. The van der Waals surface area contributed by atoms with Crippen LogP contribution in [0.3, 0.4) is 0 Å². The van der Waals surface area contributed by atoms with Gasteiger partial charge in [0.2, 0.25) is 0 Å². The molecule has 2 aliphatic heterocycles. The number of aliphatic hydroxyl groups excluding tert-OH is 6. The van der Waals surface area contributed by atoms with Crippen LogP contribution in [0.1, 0.15) is 24.0 Å². The summed E-state index contributed by atoms with van der Waals surface area (Å²) < 4.78 is 19.0. The number of fused-ring (bicyclic) bond motifs is 1. The molecule has 18 heteroatoms. The minimum atomic E-state index is -1.59. The maximum atomic E-state index is 12.5. The minimum Gasteiger partial charge on any atom is -0.394 e. The fraction of sp³-hybridized carbons (Fsp3) is 0.571. The van der Waals surface area contributed by atoms with Gasteiger partial charge >= 0.3 is 5.69 Å². The van der Waals surface area contributed by atoms with Crippen molar-refractivity contribution in [3.63, 3.8) is 0 Å². The maximum absolute atomic E-state index is 12.5. The van der Waals surface area contributed by atoms with E-state index in [2.05, 4.69) is 15.0 Å². The number of nitrogens with zero attached hydrogens (tertiary/aromatic N) is 5. The van der Waals surface area contributed by atoms with Gasteiger partial charge in [0.05, 0.1) is 25.5 Å². The molecule has 5 rings (SSSR count). The highest BCUT2D eigenvalue weighted by atomic mass is 16.6. The van der Waals surface area contributed by atoms with Gasteiger partial charge in [0, 0.05) is 6.07 Å². The van der Waals surface area contributed by atoms with E-state index >= 15 is 0 Å². The van der Waals surface area contributed by atoms with Crippen molar-refractivity contribution < 1.29 is 44.8 Å². The van der Waals surface area contributed by atoms with Crippen LogP contribution in [-0.4, -0.2) is 110 Å². The quantitative estimate of drug-likeness (QED) is 0.130. The molecule has 2 saturated heterocycles. The molecule has 0 radical (unpaired) electrons. The van der Waals surface area contributed by atoms with Crippen LogP contribution in [-0.2, 0) is 27.4 Å². The molecule has 0 saturated carbocycles. The largest absolute Gasteiger partial charge is 0.394 e. The van der Waals surface area contributed by atoms with Crippen LogP contribution < -0.4 is 17.0 Å². The molecule has 3 aromatic heterocycles. The van der Waals surface area contributed by atoms with Crippen molar-refractivity contribution in [2.45, 2.75) is 62.3 Å². The molecule has 2 aliphatic rings. The lowest BCUT2D eigenvalue weighted by Gasteiger charge is -2.21. The lowest BCUT2D eigenvalue weighted by molar-refractivity contribution is -0.0750. The lowest BCUT2D eigenvalue weighted by atomic mass is 10.1. The molecule has 18 nitrogen and oxygen atoms in total. The first-order valence-corrected chi connectivity index (χ1v) is 11.8. The summed E-state index contributed by atoms with van der Waals surface area (Å²) in [5.41, 5.74) is 4.41. The number of hydrogen-bond donors (Lipinski definition) is 8. The second kappa shape index (κ2) is 10.7. The van der Waals surface area contributed by atoms with Crippen LogP contribution >= 0.6 is 0 Å². The van der Waals surface area contributed by atoms with Crippen LogP contribution in [0.15, 0.2) is 22.0 Å². The van der Waals surface area contributed by atoms with Crippen molar-refractivity contribution in [1.82, 2.24) is 29.1 Å². The van der Waals surface area contributed by atoms with Crippen LogP contribution in [0, 0.1) is 0 Å². The molecular formula is C21H27N7O11. The van der Waals surface area contributed by atoms with Gasteiger partial charge in [0.1, 0.15) is 55.4 Å². The molecule has 0 amide bonds. The molecule has 212 valence electrons. The maximum Gasteiger partial charge on any atom is 0.330 e. The summed E-state index contributed by atoms with van der Waals surface area (Å²) in [7, 11) is 0. The van der Waals surface area contributed by atoms with Gasteiger partial charge in [-0.3, -0.25) is 18.9 Å². The zero-order chi connectivity index (χ0) is 28.0. The summed E-state index contributed by atoms with van der Waals surface area (Å²) in [5.74, 6) is 0.0977. The van der Waals surface area contributed by atoms with Crippen molar-refractivity contribution in [1.29, 1.82) is 0 Å². The number of anilines is 1. The van der Waals surface area contributed by atoms with Crippen molar-refractivity contribution in [2.75, 3.05) is 18.9 Å². The van der Waals surface area contributed by atoms with E-state index in [0.29, 0.717) is 0 Å².